The van der Waals surface area contributed by atoms with E-state index in [1.165, 1.54) is 0 Å². The van der Waals surface area contributed by atoms with Crippen molar-refractivity contribution in [2.24, 2.45) is 0 Å². The molecule has 0 aliphatic heterocycles. The lowest BCUT2D eigenvalue weighted by atomic mass is 10.1. The average Bonchev–Trinajstić information content (AvgIpc) is 3.16. The van der Waals surface area contributed by atoms with Crippen molar-refractivity contribution in [3.8, 4) is 0 Å². The number of carbonyl (C=O) groups excluding carboxylic acids is 4. The fourth-order valence-electron chi connectivity index (χ4n) is 2.68. The summed E-state index contributed by atoms with van der Waals surface area (Å²) in [6.45, 7) is 10.9. The molecule has 10 heteroatoms. The summed E-state index contributed by atoms with van der Waals surface area (Å²) in [5.74, 6) is -2.04. The van der Waals surface area contributed by atoms with Crippen LogP contribution < -0.4 is 0 Å². The molecule has 1 aliphatic rings. The van der Waals surface area contributed by atoms with Crippen molar-refractivity contribution in [1.82, 2.24) is 4.90 Å². The number of alkyl halides is 1. The van der Waals surface area contributed by atoms with Crippen molar-refractivity contribution in [2.75, 3.05) is 13.7 Å². The Balaban J connectivity index is 3.46. The second-order valence-electron chi connectivity index (χ2n) is 8.77. The van der Waals surface area contributed by atoms with Gasteiger partial charge in [0.15, 0.2) is 11.2 Å². The van der Waals surface area contributed by atoms with Crippen LogP contribution in [0, 0.1) is 0 Å². The van der Waals surface area contributed by atoms with Crippen molar-refractivity contribution in [2.45, 2.75) is 77.3 Å². The highest BCUT2D eigenvalue weighted by Gasteiger charge is 2.80. The van der Waals surface area contributed by atoms with Gasteiger partial charge in [-0.3, -0.25) is 0 Å². The number of carbonyl (C=O) groups is 4. The number of ether oxygens (including phenoxy) is 4. The number of rotatable bonds is 5. The van der Waals surface area contributed by atoms with Gasteiger partial charge in [0.25, 0.3) is 0 Å². The molecule has 0 radical (unpaired) electrons. The van der Waals surface area contributed by atoms with Gasteiger partial charge in [-0.1, -0.05) is 0 Å². The first-order valence-electron chi connectivity index (χ1n) is 9.42. The highest BCUT2D eigenvalue weighted by atomic mass is 19.1. The maximum absolute atomic E-state index is 15.6. The molecule has 1 saturated carbocycles. The lowest BCUT2D eigenvalue weighted by Gasteiger charge is -2.33. The van der Waals surface area contributed by atoms with E-state index in [2.05, 4.69) is 4.74 Å². The third-order valence-electron chi connectivity index (χ3n) is 3.90. The zero-order valence-corrected chi connectivity index (χ0v) is 18.7. The monoisotopic (exact) mass is 431 g/mol. The van der Waals surface area contributed by atoms with Gasteiger partial charge in [0, 0.05) is 12.5 Å². The number of hydrogen-bond donors (Lipinski definition) is 0. The molecule has 0 spiro atoms. The van der Waals surface area contributed by atoms with Gasteiger partial charge < -0.3 is 18.9 Å². The fraction of sp³-hybridized carbons (Fsp3) is 0.700. The number of amides is 2. The molecule has 9 nitrogen and oxygen atoms in total. The van der Waals surface area contributed by atoms with Crippen LogP contribution in [0.25, 0.3) is 0 Å². The molecule has 2 atom stereocenters. The van der Waals surface area contributed by atoms with E-state index in [9.17, 15) is 19.2 Å². The van der Waals surface area contributed by atoms with E-state index >= 15 is 4.39 Å². The highest BCUT2D eigenvalue weighted by molar-refractivity contribution is 6.01. The molecule has 0 aromatic rings. The van der Waals surface area contributed by atoms with Crippen molar-refractivity contribution in [3.63, 3.8) is 0 Å². The molecule has 0 aromatic carbocycles. The second kappa shape index (κ2) is 8.61. The van der Waals surface area contributed by atoms with Crippen LogP contribution in [0.3, 0.4) is 0 Å². The summed E-state index contributed by atoms with van der Waals surface area (Å²) in [5.41, 5.74) is -7.08. The Labute approximate surface area is 175 Å². The maximum Gasteiger partial charge on any atom is 0.421 e. The molecule has 0 bridgehead atoms. The fourth-order valence-corrected chi connectivity index (χ4v) is 2.68. The molecular formula is C20H30FNO8. The Hall–Kier alpha value is -2.65. The minimum atomic E-state index is -2.58. The number of nitrogens with zero attached hydrogens (tertiary/aromatic N) is 1. The first kappa shape index (κ1) is 25.4. The zero-order valence-electron chi connectivity index (χ0n) is 18.7. The molecule has 170 valence electrons. The number of halogens is 1. The molecule has 0 aromatic heterocycles. The van der Waals surface area contributed by atoms with Gasteiger partial charge in [0.2, 0.25) is 0 Å². The summed E-state index contributed by atoms with van der Waals surface area (Å²) in [6.07, 6.45) is -1.65. The van der Waals surface area contributed by atoms with Crippen LogP contribution >= 0.6 is 0 Å². The number of hydrogen-bond acceptors (Lipinski definition) is 8. The Morgan fingerprint density at radius 2 is 1.47 bits per heavy atom. The van der Waals surface area contributed by atoms with E-state index in [4.69, 9.17) is 14.2 Å². The van der Waals surface area contributed by atoms with Gasteiger partial charge in [0.05, 0.1) is 13.7 Å². The van der Waals surface area contributed by atoms with E-state index in [1.54, 1.807) is 48.5 Å². The van der Waals surface area contributed by atoms with E-state index < -0.39 is 53.0 Å². The van der Waals surface area contributed by atoms with Crippen molar-refractivity contribution in [3.05, 3.63) is 12.2 Å². The molecule has 0 heterocycles. The summed E-state index contributed by atoms with van der Waals surface area (Å²) in [7, 11) is 0.986. The molecule has 2 amide bonds. The van der Waals surface area contributed by atoms with Gasteiger partial charge in [-0.05, 0) is 54.5 Å². The quantitative estimate of drug-likeness (QED) is 0.371. The predicted octanol–water partition coefficient (Wildman–Crippen LogP) is 3.30. The largest absolute Gasteiger partial charge is 0.467 e. The van der Waals surface area contributed by atoms with Crippen LogP contribution in [0.1, 0.15) is 54.9 Å². The minimum Gasteiger partial charge on any atom is -0.467 e. The van der Waals surface area contributed by atoms with Crippen molar-refractivity contribution in [1.29, 1.82) is 0 Å². The molecule has 1 aliphatic carbocycles. The second-order valence-corrected chi connectivity index (χ2v) is 8.77. The maximum atomic E-state index is 15.6. The van der Waals surface area contributed by atoms with E-state index in [1.807, 2.05) is 0 Å². The lowest BCUT2D eigenvalue weighted by molar-refractivity contribution is -0.150. The molecule has 0 unspecified atom stereocenters. The smallest absolute Gasteiger partial charge is 0.421 e. The molecule has 30 heavy (non-hydrogen) atoms. The van der Waals surface area contributed by atoms with Crippen LogP contribution in [0.15, 0.2) is 12.2 Å². The number of imide groups is 1. The standard InChI is InChI=1S/C20H30FNO8/c1-9-28-13(23)10-11-19(21)12-20(19,14(24)27-8)22(15(25)29-17(2,3)4)16(26)30-18(5,6)7/h10-11H,9,12H2,1-8H3/t19-,20-/m0/s1. The van der Waals surface area contributed by atoms with Gasteiger partial charge >= 0.3 is 24.1 Å². The molecule has 1 rings (SSSR count). The Bertz CT molecular complexity index is 708. The normalized spacial score (nSPS) is 23.5. The van der Waals surface area contributed by atoms with Crippen LogP contribution in [-0.2, 0) is 28.5 Å². The third kappa shape index (κ3) is 5.70. The average molecular weight is 431 g/mol. The van der Waals surface area contributed by atoms with Gasteiger partial charge in [-0.2, -0.15) is 4.90 Å². The SMILES string of the molecule is CCOC(=O)C=C[C@]1(F)C[C@@]1(C(=O)OC)N(C(=O)OC(C)(C)C)C(=O)OC(C)(C)C. The van der Waals surface area contributed by atoms with Gasteiger partial charge in [0.1, 0.15) is 11.2 Å². The summed E-state index contributed by atoms with van der Waals surface area (Å²) < 4.78 is 35.4. The summed E-state index contributed by atoms with van der Waals surface area (Å²) >= 11 is 0. The summed E-state index contributed by atoms with van der Waals surface area (Å²) in [6, 6.07) is 0. The van der Waals surface area contributed by atoms with E-state index in [0.717, 1.165) is 19.3 Å². The van der Waals surface area contributed by atoms with Gasteiger partial charge in [-0.15, -0.1) is 0 Å². The molecule has 0 saturated heterocycles. The van der Waals surface area contributed by atoms with Crippen molar-refractivity contribution >= 4 is 24.1 Å². The van der Waals surface area contributed by atoms with E-state index in [-0.39, 0.29) is 11.5 Å². The lowest BCUT2D eigenvalue weighted by Crippen LogP contribution is -2.57. The van der Waals surface area contributed by atoms with Crippen LogP contribution in [-0.4, -0.2) is 65.2 Å². The molecule has 0 N–H and O–H groups in total. The molecule has 1 fully saturated rings. The highest BCUT2D eigenvalue weighted by Crippen LogP contribution is 2.58. The Morgan fingerprint density at radius 1 is 1.00 bits per heavy atom. The first-order chi connectivity index (χ1) is 13.5. The number of methoxy groups -OCH3 is 1. The van der Waals surface area contributed by atoms with E-state index in [0.29, 0.717) is 0 Å². The van der Waals surface area contributed by atoms with Crippen LogP contribution in [0.4, 0.5) is 14.0 Å². The topological polar surface area (TPSA) is 108 Å². The Kier molecular flexibility index (Phi) is 7.29. The Morgan fingerprint density at radius 3 is 1.83 bits per heavy atom. The predicted molar refractivity (Wildman–Crippen MR) is 103 cm³/mol. The third-order valence-corrected chi connectivity index (χ3v) is 3.90. The zero-order chi connectivity index (χ0) is 23.5. The van der Waals surface area contributed by atoms with Crippen LogP contribution in [0.2, 0.25) is 0 Å². The minimum absolute atomic E-state index is 0.0620. The van der Waals surface area contributed by atoms with Gasteiger partial charge in [-0.25, -0.2) is 23.6 Å². The summed E-state index contributed by atoms with van der Waals surface area (Å²) in [5, 5.41) is 0. The first-order valence-corrected chi connectivity index (χ1v) is 9.42. The number of esters is 2. The van der Waals surface area contributed by atoms with Crippen molar-refractivity contribution < 1.29 is 42.5 Å². The molecular weight excluding hydrogens is 401 g/mol. The van der Waals surface area contributed by atoms with Crippen LogP contribution in [0.5, 0.6) is 0 Å². The summed E-state index contributed by atoms with van der Waals surface area (Å²) in [4.78, 5) is 50.1.